The Hall–Kier alpha value is -2.57. The third-order valence-electron chi connectivity index (χ3n) is 5.63. The van der Waals surface area contributed by atoms with Gasteiger partial charge in [0.2, 0.25) is 5.76 Å². The summed E-state index contributed by atoms with van der Waals surface area (Å²) in [4.78, 5) is 26.9. The fourth-order valence-electron chi connectivity index (χ4n) is 4.18. The average Bonchev–Trinajstić information content (AvgIpc) is 3.29. The average molecular weight is 343 g/mol. The van der Waals surface area contributed by atoms with Crippen molar-refractivity contribution in [1.29, 1.82) is 0 Å². The molecule has 1 spiro atoms. The number of furan rings is 1. The molecule has 25 heavy (non-hydrogen) atoms. The van der Waals surface area contributed by atoms with Gasteiger partial charge in [-0.1, -0.05) is 25.4 Å². The quantitative estimate of drug-likeness (QED) is 0.865. The number of amides is 3. The Bertz CT molecular complexity index is 785. The Balaban J connectivity index is 1.57. The molecule has 3 heterocycles. The summed E-state index contributed by atoms with van der Waals surface area (Å²) in [6, 6.07) is 4.86. The summed E-state index contributed by atoms with van der Waals surface area (Å²) in [5.74, 6) is 1.12. The van der Waals surface area contributed by atoms with Crippen LogP contribution in [0.1, 0.15) is 38.8 Å². The Kier molecular flexibility index (Phi) is 3.67. The number of imide groups is 1. The number of hydrogen-bond donors (Lipinski definition) is 1. The Morgan fingerprint density at radius 1 is 1.28 bits per heavy atom. The number of nitrogens with zero attached hydrogens (tertiary/aromatic N) is 2. The number of aromatic nitrogens is 1. The number of rotatable bonds is 3. The van der Waals surface area contributed by atoms with Crippen LogP contribution < -0.4 is 5.32 Å². The maximum atomic E-state index is 13.1. The minimum atomic E-state index is -0.789. The van der Waals surface area contributed by atoms with Crippen molar-refractivity contribution in [2.75, 3.05) is 0 Å². The SMILES string of the molecule is C[C@@H]1CCC[C@@H](C)C12NC(=O)N(Cc1cc(-c3ccco3)on1)C2=O. The molecule has 0 aromatic carbocycles. The number of carbonyl (C=O) groups excluding carboxylic acids is 2. The van der Waals surface area contributed by atoms with Crippen LogP contribution in [0, 0.1) is 11.8 Å². The van der Waals surface area contributed by atoms with Crippen LogP contribution in [0.5, 0.6) is 0 Å². The third-order valence-corrected chi connectivity index (χ3v) is 5.63. The summed E-state index contributed by atoms with van der Waals surface area (Å²) in [6.07, 6.45) is 4.52. The van der Waals surface area contributed by atoms with Gasteiger partial charge in [-0.05, 0) is 36.8 Å². The smallest absolute Gasteiger partial charge is 0.325 e. The van der Waals surface area contributed by atoms with Gasteiger partial charge in [0.15, 0.2) is 5.76 Å². The lowest BCUT2D eigenvalue weighted by Crippen LogP contribution is -2.58. The molecule has 1 N–H and O–H groups in total. The van der Waals surface area contributed by atoms with Crippen LogP contribution in [0.2, 0.25) is 0 Å². The molecule has 4 rings (SSSR count). The van der Waals surface area contributed by atoms with E-state index in [1.807, 2.05) is 13.8 Å². The fourth-order valence-corrected chi connectivity index (χ4v) is 4.18. The number of nitrogens with one attached hydrogen (secondary N) is 1. The maximum Gasteiger partial charge on any atom is 0.325 e. The lowest BCUT2D eigenvalue weighted by Gasteiger charge is -2.42. The minimum Gasteiger partial charge on any atom is -0.461 e. The summed E-state index contributed by atoms with van der Waals surface area (Å²) in [5, 5.41) is 6.95. The van der Waals surface area contributed by atoms with Crippen molar-refractivity contribution in [2.45, 2.75) is 45.2 Å². The number of carbonyl (C=O) groups is 2. The van der Waals surface area contributed by atoms with Gasteiger partial charge < -0.3 is 14.3 Å². The van der Waals surface area contributed by atoms with Crippen molar-refractivity contribution in [1.82, 2.24) is 15.4 Å². The van der Waals surface area contributed by atoms with E-state index in [-0.39, 0.29) is 30.3 Å². The van der Waals surface area contributed by atoms with Crippen LogP contribution in [0.3, 0.4) is 0 Å². The van der Waals surface area contributed by atoms with Gasteiger partial charge in [0.05, 0.1) is 12.8 Å². The second kappa shape index (κ2) is 5.75. The first-order valence-corrected chi connectivity index (χ1v) is 8.66. The van der Waals surface area contributed by atoms with Gasteiger partial charge in [0.25, 0.3) is 5.91 Å². The van der Waals surface area contributed by atoms with E-state index in [2.05, 4.69) is 10.5 Å². The molecule has 0 bridgehead atoms. The molecule has 2 aromatic rings. The zero-order chi connectivity index (χ0) is 17.6. The van der Waals surface area contributed by atoms with Gasteiger partial charge in [-0.2, -0.15) is 0 Å². The molecule has 3 amide bonds. The lowest BCUT2D eigenvalue weighted by atomic mass is 9.67. The van der Waals surface area contributed by atoms with Gasteiger partial charge in [-0.25, -0.2) is 4.79 Å². The summed E-state index contributed by atoms with van der Waals surface area (Å²) in [5.41, 5.74) is -0.272. The summed E-state index contributed by atoms with van der Waals surface area (Å²) < 4.78 is 10.5. The molecule has 7 heteroatoms. The third kappa shape index (κ3) is 2.37. The highest BCUT2D eigenvalue weighted by atomic mass is 16.5. The van der Waals surface area contributed by atoms with E-state index in [4.69, 9.17) is 8.94 Å². The van der Waals surface area contributed by atoms with Crippen LogP contribution in [-0.2, 0) is 11.3 Å². The first-order valence-electron chi connectivity index (χ1n) is 8.66. The highest BCUT2D eigenvalue weighted by molar-refractivity contribution is 6.07. The minimum absolute atomic E-state index is 0.0933. The van der Waals surface area contributed by atoms with E-state index in [0.717, 1.165) is 19.3 Å². The predicted molar refractivity (Wildman–Crippen MR) is 88.2 cm³/mol. The summed E-state index contributed by atoms with van der Waals surface area (Å²) in [6.45, 7) is 4.18. The molecule has 1 aliphatic carbocycles. The van der Waals surface area contributed by atoms with Crippen molar-refractivity contribution in [3.05, 3.63) is 30.2 Å². The Morgan fingerprint density at radius 3 is 2.72 bits per heavy atom. The van der Waals surface area contributed by atoms with E-state index in [1.165, 1.54) is 4.90 Å². The second-order valence-electron chi connectivity index (χ2n) is 7.08. The van der Waals surface area contributed by atoms with Crippen molar-refractivity contribution < 1.29 is 18.5 Å². The topological polar surface area (TPSA) is 88.6 Å². The maximum absolute atomic E-state index is 13.1. The van der Waals surface area contributed by atoms with E-state index in [1.54, 1.807) is 24.5 Å². The molecular formula is C18H21N3O4. The van der Waals surface area contributed by atoms with E-state index >= 15 is 0 Å². The molecule has 7 nitrogen and oxygen atoms in total. The van der Waals surface area contributed by atoms with Crippen molar-refractivity contribution in [3.63, 3.8) is 0 Å². The molecule has 2 atom stereocenters. The van der Waals surface area contributed by atoms with E-state index < -0.39 is 5.54 Å². The van der Waals surface area contributed by atoms with Gasteiger partial charge >= 0.3 is 6.03 Å². The molecule has 132 valence electrons. The molecule has 2 aliphatic rings. The van der Waals surface area contributed by atoms with Gasteiger partial charge in [0.1, 0.15) is 11.2 Å². The molecular weight excluding hydrogens is 322 g/mol. The highest BCUT2D eigenvalue weighted by Crippen LogP contribution is 2.42. The van der Waals surface area contributed by atoms with Crippen LogP contribution in [0.4, 0.5) is 4.79 Å². The molecule has 0 radical (unpaired) electrons. The standard InChI is InChI=1S/C18H21N3O4/c1-11-5-3-6-12(2)18(11)16(22)21(17(23)19-18)10-13-9-15(25-20-13)14-7-4-8-24-14/h4,7-9,11-12H,3,5-6,10H2,1-2H3,(H,19,23)/t11-,12-/m1/s1. The molecule has 1 saturated carbocycles. The van der Waals surface area contributed by atoms with Crippen LogP contribution >= 0.6 is 0 Å². The largest absolute Gasteiger partial charge is 0.461 e. The molecule has 1 saturated heterocycles. The fraction of sp³-hybridized carbons (Fsp3) is 0.500. The van der Waals surface area contributed by atoms with Crippen LogP contribution in [-0.4, -0.2) is 27.5 Å². The summed E-state index contributed by atoms with van der Waals surface area (Å²) in [7, 11) is 0. The monoisotopic (exact) mass is 343 g/mol. The number of hydrogen-bond acceptors (Lipinski definition) is 5. The first-order chi connectivity index (χ1) is 12.0. The Morgan fingerprint density at radius 2 is 2.04 bits per heavy atom. The second-order valence-corrected chi connectivity index (χ2v) is 7.08. The van der Waals surface area contributed by atoms with Gasteiger partial charge in [-0.15, -0.1) is 0 Å². The molecule has 1 aliphatic heterocycles. The van der Waals surface area contributed by atoms with E-state index in [0.29, 0.717) is 17.2 Å². The van der Waals surface area contributed by atoms with Crippen molar-refractivity contribution in [3.8, 4) is 11.5 Å². The van der Waals surface area contributed by atoms with E-state index in [9.17, 15) is 9.59 Å². The molecule has 2 aromatic heterocycles. The molecule has 2 fully saturated rings. The zero-order valence-electron chi connectivity index (χ0n) is 14.3. The van der Waals surface area contributed by atoms with Gasteiger partial charge in [0, 0.05) is 6.07 Å². The first kappa shape index (κ1) is 15.9. The molecule has 0 unspecified atom stereocenters. The zero-order valence-corrected chi connectivity index (χ0v) is 14.3. The van der Waals surface area contributed by atoms with Crippen LogP contribution in [0.15, 0.2) is 33.4 Å². The van der Waals surface area contributed by atoms with Crippen molar-refractivity contribution >= 4 is 11.9 Å². The van der Waals surface area contributed by atoms with Gasteiger partial charge in [-0.3, -0.25) is 9.69 Å². The normalized spacial score (nSPS) is 25.6. The summed E-state index contributed by atoms with van der Waals surface area (Å²) >= 11 is 0. The highest BCUT2D eigenvalue weighted by Gasteiger charge is 2.58. The lowest BCUT2D eigenvalue weighted by molar-refractivity contribution is -0.137. The van der Waals surface area contributed by atoms with Crippen molar-refractivity contribution in [2.24, 2.45) is 11.8 Å². The number of urea groups is 1. The predicted octanol–water partition coefficient (Wildman–Crippen LogP) is 3.18. The van der Waals surface area contributed by atoms with Crippen LogP contribution in [0.25, 0.3) is 11.5 Å². The Labute approximate surface area is 145 Å².